The summed E-state index contributed by atoms with van der Waals surface area (Å²) in [6.45, 7) is -2.80. The highest BCUT2D eigenvalue weighted by Gasteiger charge is 2.03. The Morgan fingerprint density at radius 3 is 2.87 bits per heavy atom. The van der Waals surface area contributed by atoms with E-state index in [1.54, 1.807) is 12.1 Å². The van der Waals surface area contributed by atoms with Gasteiger partial charge in [-0.2, -0.15) is 8.78 Å². The first kappa shape index (κ1) is 12.0. The van der Waals surface area contributed by atoms with Crippen molar-refractivity contribution < 1.29 is 13.5 Å². The van der Waals surface area contributed by atoms with E-state index in [0.717, 1.165) is 11.8 Å². The average molecular weight is 275 g/mol. The maximum atomic E-state index is 11.9. The van der Waals surface area contributed by atoms with Crippen molar-refractivity contribution in [3.63, 3.8) is 0 Å². The zero-order chi connectivity index (χ0) is 11.1. The molecule has 1 rings (SSSR count). The van der Waals surface area contributed by atoms with Gasteiger partial charge in [-0.1, -0.05) is 33.8 Å². The Labute approximate surface area is 95.6 Å². The lowest BCUT2D eigenvalue weighted by molar-refractivity contribution is -0.0498. The molecule has 0 aliphatic carbocycles. The molecule has 4 heteroatoms. The molecule has 0 bridgehead atoms. The second-order valence-corrected chi connectivity index (χ2v) is 3.44. The van der Waals surface area contributed by atoms with Crippen molar-refractivity contribution in [2.45, 2.75) is 13.0 Å². The number of rotatable bonds is 3. The summed E-state index contributed by atoms with van der Waals surface area (Å²) in [6, 6.07) is 6.35. The molecule has 0 saturated carbocycles. The summed E-state index contributed by atoms with van der Waals surface area (Å²) in [5.74, 6) is 5.88. The molecule has 15 heavy (non-hydrogen) atoms. The van der Waals surface area contributed by atoms with Crippen molar-refractivity contribution in [3.05, 3.63) is 29.8 Å². The highest BCUT2D eigenvalue weighted by molar-refractivity contribution is 9.09. The molecule has 1 aromatic rings. The maximum absolute atomic E-state index is 11.9. The molecule has 0 aromatic heterocycles. The standard InChI is InChI=1S/C11H9BrF2O/c12-7-2-1-4-9-5-3-6-10(8-9)15-11(13)14/h3,5-6,8,11H,2,7H2. The molecular weight excluding hydrogens is 266 g/mol. The first-order chi connectivity index (χ1) is 7.22. The van der Waals surface area contributed by atoms with Crippen molar-refractivity contribution in [2.75, 3.05) is 5.33 Å². The van der Waals surface area contributed by atoms with E-state index in [1.165, 1.54) is 12.1 Å². The van der Waals surface area contributed by atoms with Crippen LogP contribution < -0.4 is 4.74 Å². The average Bonchev–Trinajstić information content (AvgIpc) is 2.18. The van der Waals surface area contributed by atoms with Crippen LogP contribution in [0.15, 0.2) is 24.3 Å². The van der Waals surface area contributed by atoms with Gasteiger partial charge < -0.3 is 4.74 Å². The summed E-state index contributed by atoms with van der Waals surface area (Å²) < 4.78 is 28.0. The van der Waals surface area contributed by atoms with Gasteiger partial charge in [-0.15, -0.1) is 0 Å². The van der Waals surface area contributed by atoms with Crippen LogP contribution in [-0.2, 0) is 0 Å². The third-order valence-electron chi connectivity index (χ3n) is 1.51. The third-order valence-corrected chi connectivity index (χ3v) is 1.91. The number of alkyl halides is 3. The molecule has 1 nitrogen and oxygen atoms in total. The Balaban J connectivity index is 2.71. The molecule has 1 aromatic carbocycles. The molecule has 0 aliphatic rings. The lowest BCUT2D eigenvalue weighted by Gasteiger charge is -2.03. The summed E-state index contributed by atoms with van der Waals surface area (Å²) in [7, 11) is 0. The smallest absolute Gasteiger partial charge is 0.387 e. The Hall–Kier alpha value is -1.08. The second kappa shape index (κ2) is 6.41. The van der Waals surface area contributed by atoms with E-state index in [-0.39, 0.29) is 5.75 Å². The number of hydrogen-bond donors (Lipinski definition) is 0. The molecule has 0 saturated heterocycles. The predicted octanol–water partition coefficient (Wildman–Crippen LogP) is 3.42. The van der Waals surface area contributed by atoms with Gasteiger partial charge in [-0.3, -0.25) is 0 Å². The van der Waals surface area contributed by atoms with Gasteiger partial charge >= 0.3 is 6.61 Å². The maximum Gasteiger partial charge on any atom is 0.387 e. The predicted molar refractivity (Wildman–Crippen MR) is 58.4 cm³/mol. The summed E-state index contributed by atoms with van der Waals surface area (Å²) >= 11 is 3.24. The van der Waals surface area contributed by atoms with Crippen molar-refractivity contribution in [2.24, 2.45) is 0 Å². The van der Waals surface area contributed by atoms with E-state index in [2.05, 4.69) is 32.5 Å². The van der Waals surface area contributed by atoms with Crippen LogP contribution in [0.2, 0.25) is 0 Å². The van der Waals surface area contributed by atoms with Gasteiger partial charge in [0.05, 0.1) is 0 Å². The minimum absolute atomic E-state index is 0.135. The van der Waals surface area contributed by atoms with Gasteiger partial charge in [0, 0.05) is 17.3 Å². The summed E-state index contributed by atoms with van der Waals surface area (Å²) in [4.78, 5) is 0. The van der Waals surface area contributed by atoms with Crippen LogP contribution in [0.1, 0.15) is 12.0 Å². The summed E-state index contributed by atoms with van der Waals surface area (Å²) in [5.41, 5.74) is 0.675. The van der Waals surface area contributed by atoms with Crippen LogP contribution >= 0.6 is 15.9 Å². The molecule has 0 heterocycles. The fourth-order valence-electron chi connectivity index (χ4n) is 0.962. The van der Waals surface area contributed by atoms with Gasteiger partial charge in [-0.25, -0.2) is 0 Å². The molecule has 0 amide bonds. The quantitative estimate of drug-likeness (QED) is 0.606. The molecule has 0 radical (unpaired) electrons. The van der Waals surface area contributed by atoms with Crippen LogP contribution in [0.4, 0.5) is 8.78 Å². The van der Waals surface area contributed by atoms with Gasteiger partial charge in [0.15, 0.2) is 0 Å². The molecule has 0 fully saturated rings. The number of hydrogen-bond acceptors (Lipinski definition) is 1. The highest BCUT2D eigenvalue weighted by Crippen LogP contribution is 2.15. The Bertz CT molecular complexity index is 368. The Morgan fingerprint density at radius 2 is 2.20 bits per heavy atom. The summed E-state index contributed by atoms with van der Waals surface area (Å²) in [6.07, 6.45) is 0.722. The van der Waals surface area contributed by atoms with E-state index in [9.17, 15) is 8.78 Å². The Morgan fingerprint density at radius 1 is 1.40 bits per heavy atom. The lowest BCUT2D eigenvalue weighted by Crippen LogP contribution is -2.01. The van der Waals surface area contributed by atoms with E-state index >= 15 is 0 Å². The zero-order valence-corrected chi connectivity index (χ0v) is 9.43. The summed E-state index contributed by atoms with van der Waals surface area (Å²) in [5, 5.41) is 0.799. The second-order valence-electron chi connectivity index (χ2n) is 2.65. The molecule has 0 unspecified atom stereocenters. The van der Waals surface area contributed by atoms with Crippen molar-refractivity contribution >= 4 is 15.9 Å². The molecule has 0 atom stereocenters. The fourth-order valence-corrected chi connectivity index (χ4v) is 1.16. The first-order valence-corrected chi connectivity index (χ1v) is 5.44. The van der Waals surface area contributed by atoms with Gasteiger partial charge in [0.1, 0.15) is 5.75 Å². The third kappa shape index (κ3) is 4.80. The van der Waals surface area contributed by atoms with E-state index in [0.29, 0.717) is 5.56 Å². The normalized spacial score (nSPS) is 9.60. The zero-order valence-electron chi connectivity index (χ0n) is 7.84. The van der Waals surface area contributed by atoms with E-state index in [4.69, 9.17) is 0 Å². The van der Waals surface area contributed by atoms with Gasteiger partial charge in [0.2, 0.25) is 0 Å². The topological polar surface area (TPSA) is 9.23 Å². The van der Waals surface area contributed by atoms with Gasteiger partial charge in [-0.05, 0) is 18.2 Å². The molecule has 80 valence electrons. The van der Waals surface area contributed by atoms with Crippen LogP contribution in [0.5, 0.6) is 5.75 Å². The van der Waals surface area contributed by atoms with Crippen LogP contribution in [0, 0.1) is 11.8 Å². The SMILES string of the molecule is FC(F)Oc1cccc(C#CCCBr)c1. The van der Waals surface area contributed by atoms with E-state index in [1.807, 2.05) is 0 Å². The number of halogens is 3. The number of benzene rings is 1. The molecular formula is C11H9BrF2O. The molecule has 0 aliphatic heterocycles. The lowest BCUT2D eigenvalue weighted by atomic mass is 10.2. The monoisotopic (exact) mass is 274 g/mol. The first-order valence-electron chi connectivity index (χ1n) is 4.32. The largest absolute Gasteiger partial charge is 0.435 e. The molecule has 0 N–H and O–H groups in total. The van der Waals surface area contributed by atoms with Crippen molar-refractivity contribution in [3.8, 4) is 17.6 Å². The van der Waals surface area contributed by atoms with E-state index < -0.39 is 6.61 Å². The van der Waals surface area contributed by atoms with Crippen LogP contribution in [0.3, 0.4) is 0 Å². The van der Waals surface area contributed by atoms with Crippen molar-refractivity contribution in [1.82, 2.24) is 0 Å². The minimum Gasteiger partial charge on any atom is -0.435 e. The minimum atomic E-state index is -2.80. The van der Waals surface area contributed by atoms with Crippen LogP contribution in [0.25, 0.3) is 0 Å². The van der Waals surface area contributed by atoms with Gasteiger partial charge in [0.25, 0.3) is 0 Å². The molecule has 0 spiro atoms. The number of ether oxygens (including phenoxy) is 1. The fraction of sp³-hybridized carbons (Fsp3) is 0.273. The van der Waals surface area contributed by atoms with Crippen molar-refractivity contribution in [1.29, 1.82) is 0 Å². The Kier molecular flexibility index (Phi) is 5.13. The highest BCUT2D eigenvalue weighted by atomic mass is 79.9. The van der Waals surface area contributed by atoms with Crippen LogP contribution in [-0.4, -0.2) is 11.9 Å².